The van der Waals surface area contributed by atoms with Gasteiger partial charge in [-0.3, -0.25) is 4.90 Å². The number of anilines is 1. The van der Waals surface area contributed by atoms with Crippen LogP contribution in [-0.4, -0.2) is 36.2 Å². The van der Waals surface area contributed by atoms with E-state index in [1.165, 1.54) is 35.2 Å². The van der Waals surface area contributed by atoms with E-state index >= 15 is 0 Å². The summed E-state index contributed by atoms with van der Waals surface area (Å²) in [6.07, 6.45) is 3.43. The van der Waals surface area contributed by atoms with Gasteiger partial charge in [-0.1, -0.05) is 42.5 Å². The fraction of sp³-hybridized carbons (Fsp3) is 0.400. The minimum Gasteiger partial charge on any atom is -0.395 e. The van der Waals surface area contributed by atoms with Gasteiger partial charge in [0.05, 0.1) is 6.61 Å². The Bertz CT molecular complexity index is 612. The molecule has 0 atom stereocenters. The Labute approximate surface area is 139 Å². The van der Waals surface area contributed by atoms with Crippen LogP contribution in [0.1, 0.15) is 23.1 Å². The lowest BCUT2D eigenvalue weighted by molar-refractivity contribution is 0.191. The van der Waals surface area contributed by atoms with Crippen molar-refractivity contribution >= 4 is 5.69 Å². The van der Waals surface area contributed by atoms with Crippen LogP contribution in [-0.2, 0) is 19.4 Å². The highest BCUT2D eigenvalue weighted by Gasteiger charge is 2.10. The van der Waals surface area contributed by atoms with E-state index in [1.807, 2.05) is 6.07 Å². The zero-order valence-electron chi connectivity index (χ0n) is 13.7. The molecule has 0 bridgehead atoms. The normalized spacial score (nSPS) is 13.7. The minimum absolute atomic E-state index is 0.209. The van der Waals surface area contributed by atoms with Crippen molar-refractivity contribution in [3.8, 4) is 0 Å². The second kappa shape index (κ2) is 8.14. The van der Waals surface area contributed by atoms with Gasteiger partial charge in [0.1, 0.15) is 0 Å². The Morgan fingerprint density at radius 2 is 1.87 bits per heavy atom. The van der Waals surface area contributed by atoms with Crippen LogP contribution in [0.3, 0.4) is 0 Å². The highest BCUT2D eigenvalue weighted by atomic mass is 16.3. The number of nitrogens with one attached hydrogen (secondary N) is 1. The highest BCUT2D eigenvalue weighted by molar-refractivity contribution is 5.54. The van der Waals surface area contributed by atoms with Crippen molar-refractivity contribution in [2.45, 2.75) is 25.8 Å². The molecule has 1 aliphatic rings. The van der Waals surface area contributed by atoms with Gasteiger partial charge in [-0.2, -0.15) is 0 Å². The molecule has 0 fully saturated rings. The third kappa shape index (κ3) is 4.57. The van der Waals surface area contributed by atoms with Crippen LogP contribution in [0.5, 0.6) is 0 Å². The van der Waals surface area contributed by atoms with Crippen molar-refractivity contribution in [2.24, 2.45) is 0 Å². The molecule has 0 amide bonds. The molecule has 0 saturated carbocycles. The van der Waals surface area contributed by atoms with Gasteiger partial charge in [0.2, 0.25) is 0 Å². The molecule has 3 rings (SSSR count). The molecular weight excluding hydrogens is 284 g/mol. The summed E-state index contributed by atoms with van der Waals surface area (Å²) in [4.78, 5) is 2.33. The van der Waals surface area contributed by atoms with Gasteiger partial charge in [0, 0.05) is 31.9 Å². The molecule has 0 unspecified atom stereocenters. The Kier molecular flexibility index (Phi) is 5.67. The second-order valence-corrected chi connectivity index (χ2v) is 6.26. The first kappa shape index (κ1) is 16.0. The number of benzene rings is 2. The largest absolute Gasteiger partial charge is 0.395 e. The molecular formula is C20H26N2O. The van der Waals surface area contributed by atoms with Crippen LogP contribution in [0, 0.1) is 0 Å². The molecule has 0 aliphatic carbocycles. The lowest BCUT2D eigenvalue weighted by atomic mass is 9.99. The maximum Gasteiger partial charge on any atom is 0.0558 e. The lowest BCUT2D eigenvalue weighted by Gasteiger charge is -2.22. The van der Waals surface area contributed by atoms with E-state index in [9.17, 15) is 5.11 Å². The Morgan fingerprint density at radius 3 is 2.70 bits per heavy atom. The topological polar surface area (TPSA) is 35.5 Å². The molecule has 1 heterocycles. The van der Waals surface area contributed by atoms with Crippen LogP contribution >= 0.6 is 0 Å². The Hall–Kier alpha value is -1.84. The zero-order chi connectivity index (χ0) is 15.9. The number of nitrogens with zero attached hydrogens (tertiary/aromatic N) is 1. The molecule has 2 aromatic carbocycles. The molecule has 0 aromatic heterocycles. The van der Waals surface area contributed by atoms with E-state index in [0.29, 0.717) is 0 Å². The van der Waals surface area contributed by atoms with Crippen LogP contribution in [0.4, 0.5) is 5.69 Å². The van der Waals surface area contributed by atoms with Crippen molar-refractivity contribution in [1.29, 1.82) is 0 Å². The fourth-order valence-electron chi connectivity index (χ4n) is 3.22. The van der Waals surface area contributed by atoms with Crippen LogP contribution < -0.4 is 5.32 Å². The molecule has 0 radical (unpaired) electrons. The molecule has 122 valence electrons. The predicted octanol–water partition coefficient (Wildman–Crippen LogP) is 3.08. The number of aliphatic hydroxyl groups excluding tert-OH is 1. The smallest absolute Gasteiger partial charge is 0.0558 e. The first-order valence-electron chi connectivity index (χ1n) is 8.58. The van der Waals surface area contributed by atoms with Crippen LogP contribution in [0.2, 0.25) is 0 Å². The average Bonchev–Trinajstić information content (AvgIpc) is 2.60. The highest BCUT2D eigenvalue weighted by Crippen LogP contribution is 2.23. The quantitative estimate of drug-likeness (QED) is 0.825. The first-order chi connectivity index (χ1) is 11.3. The number of hydrogen-bond acceptors (Lipinski definition) is 3. The Morgan fingerprint density at radius 1 is 1.00 bits per heavy atom. The lowest BCUT2D eigenvalue weighted by Crippen LogP contribution is -2.28. The zero-order valence-corrected chi connectivity index (χ0v) is 13.7. The van der Waals surface area contributed by atoms with E-state index in [1.54, 1.807) is 0 Å². The van der Waals surface area contributed by atoms with Gasteiger partial charge in [-0.15, -0.1) is 0 Å². The molecule has 3 nitrogen and oxygen atoms in total. The molecule has 2 aromatic rings. The second-order valence-electron chi connectivity index (χ2n) is 6.26. The van der Waals surface area contributed by atoms with E-state index in [2.05, 4.69) is 52.7 Å². The summed E-state index contributed by atoms with van der Waals surface area (Å²) in [7, 11) is 0. The SMILES string of the molecule is OCCN(CCc1ccc2c(c1)CCCN2)Cc1ccccc1. The molecule has 3 heteroatoms. The maximum absolute atomic E-state index is 9.32. The number of rotatable bonds is 7. The molecule has 23 heavy (non-hydrogen) atoms. The average molecular weight is 310 g/mol. The van der Waals surface area contributed by atoms with Crippen molar-refractivity contribution < 1.29 is 5.11 Å². The summed E-state index contributed by atoms with van der Waals surface area (Å²) in [5.74, 6) is 0. The van der Waals surface area contributed by atoms with E-state index in [0.717, 1.165) is 32.6 Å². The van der Waals surface area contributed by atoms with Crippen LogP contribution in [0.15, 0.2) is 48.5 Å². The molecule has 0 saturated heterocycles. The van der Waals surface area contributed by atoms with Gasteiger partial charge < -0.3 is 10.4 Å². The third-order valence-electron chi connectivity index (χ3n) is 4.49. The standard InChI is InChI=1S/C20H26N2O/c23-14-13-22(16-18-5-2-1-3-6-18)12-10-17-8-9-20-19(15-17)7-4-11-21-20/h1-3,5-6,8-9,15,21,23H,4,7,10-14,16H2. The van der Waals surface area contributed by atoms with Crippen molar-refractivity contribution in [1.82, 2.24) is 4.90 Å². The molecule has 2 N–H and O–H groups in total. The van der Waals surface area contributed by atoms with E-state index < -0.39 is 0 Å². The molecule has 1 aliphatic heterocycles. The molecule has 0 spiro atoms. The van der Waals surface area contributed by atoms with E-state index in [-0.39, 0.29) is 6.61 Å². The summed E-state index contributed by atoms with van der Waals surface area (Å²) in [5.41, 5.74) is 5.45. The summed E-state index contributed by atoms with van der Waals surface area (Å²) >= 11 is 0. The number of aliphatic hydroxyl groups is 1. The van der Waals surface area contributed by atoms with Gasteiger partial charge in [0.25, 0.3) is 0 Å². The van der Waals surface area contributed by atoms with Crippen molar-refractivity contribution in [3.63, 3.8) is 0 Å². The summed E-state index contributed by atoms with van der Waals surface area (Å²) < 4.78 is 0. The summed E-state index contributed by atoms with van der Waals surface area (Å²) in [6.45, 7) is 3.89. The number of fused-ring (bicyclic) bond motifs is 1. The number of hydrogen-bond donors (Lipinski definition) is 2. The predicted molar refractivity (Wildman–Crippen MR) is 95.8 cm³/mol. The van der Waals surface area contributed by atoms with Gasteiger partial charge in [0.15, 0.2) is 0 Å². The summed E-state index contributed by atoms with van der Waals surface area (Å²) in [5, 5.41) is 12.8. The van der Waals surface area contributed by atoms with Crippen molar-refractivity contribution in [2.75, 3.05) is 31.6 Å². The monoisotopic (exact) mass is 310 g/mol. The van der Waals surface area contributed by atoms with Gasteiger partial charge in [-0.25, -0.2) is 0 Å². The first-order valence-corrected chi connectivity index (χ1v) is 8.58. The Balaban J connectivity index is 1.60. The summed E-state index contributed by atoms with van der Waals surface area (Å²) in [6, 6.07) is 17.3. The van der Waals surface area contributed by atoms with E-state index in [4.69, 9.17) is 0 Å². The third-order valence-corrected chi connectivity index (χ3v) is 4.49. The maximum atomic E-state index is 9.32. The van der Waals surface area contributed by atoms with Crippen molar-refractivity contribution in [3.05, 3.63) is 65.2 Å². The van der Waals surface area contributed by atoms with Crippen LogP contribution in [0.25, 0.3) is 0 Å². The fourth-order valence-corrected chi connectivity index (χ4v) is 3.22. The minimum atomic E-state index is 0.209. The van der Waals surface area contributed by atoms with Gasteiger partial charge >= 0.3 is 0 Å². The number of aryl methyl sites for hydroxylation is 1. The van der Waals surface area contributed by atoms with Gasteiger partial charge in [-0.05, 0) is 42.0 Å².